The Morgan fingerprint density at radius 3 is 2.29 bits per heavy atom. The average Bonchev–Trinajstić information content (AvgIpc) is 3.44. The van der Waals surface area contributed by atoms with Crippen molar-refractivity contribution in [2.75, 3.05) is 38.0 Å². The first-order valence-corrected chi connectivity index (χ1v) is 16.1. The highest BCUT2D eigenvalue weighted by Gasteiger charge is 2.63. The number of nitrogens with one attached hydrogen (secondary N) is 1. The number of rotatable bonds is 10. The molecule has 5 aliphatic rings. The number of aliphatic carboxylic acids is 1. The normalized spacial score (nSPS) is 25.4. The van der Waals surface area contributed by atoms with Crippen LogP contribution in [0.2, 0.25) is 5.02 Å². The number of carbonyl (C=O) groups is 3. The zero-order valence-corrected chi connectivity index (χ0v) is 26.4. The molecule has 0 unspecified atom stereocenters. The third kappa shape index (κ3) is 5.68. The Morgan fingerprint density at radius 1 is 1.07 bits per heavy atom. The van der Waals surface area contributed by atoms with Gasteiger partial charge >= 0.3 is 12.6 Å². The number of anilines is 1. The standard InChI is InChI=1S/C32H40ClF2N5O5/c1-20(2)24-5-10-36-40(24)32(26(41)37-23-4-3-22(33)15-25(23)45-29(34)35)8-11-38(12-9-32)19-30(28(43)44)6-13-39(14-7-30)27(42)31-16-21(17-31)18-31/h3-5,10,15,20-21,29H,6-9,11-14,16-19H2,1-2H3,(H,37,41)(H,43,44). The first kappa shape index (κ1) is 31.7. The van der Waals surface area contributed by atoms with Crippen molar-refractivity contribution in [3.8, 4) is 5.75 Å². The maximum atomic E-state index is 14.2. The van der Waals surface area contributed by atoms with E-state index in [-0.39, 0.29) is 33.7 Å². The monoisotopic (exact) mass is 647 g/mol. The van der Waals surface area contributed by atoms with Gasteiger partial charge in [-0.1, -0.05) is 25.4 Å². The fourth-order valence-corrected chi connectivity index (χ4v) is 8.00. The van der Waals surface area contributed by atoms with E-state index >= 15 is 0 Å². The van der Waals surface area contributed by atoms with Crippen molar-refractivity contribution in [3.63, 3.8) is 0 Å². The van der Waals surface area contributed by atoms with Crippen LogP contribution in [-0.4, -0.2) is 81.8 Å². The van der Waals surface area contributed by atoms with Gasteiger partial charge in [-0.2, -0.15) is 13.9 Å². The van der Waals surface area contributed by atoms with Gasteiger partial charge in [-0.05, 0) is 75.0 Å². The number of carboxylic acid groups (broad SMARTS) is 1. The molecule has 45 heavy (non-hydrogen) atoms. The van der Waals surface area contributed by atoms with Gasteiger partial charge in [0.1, 0.15) is 5.54 Å². The highest BCUT2D eigenvalue weighted by Crippen LogP contribution is 2.65. The number of hydrogen-bond donors (Lipinski definition) is 2. The number of likely N-dealkylation sites (tertiary alicyclic amines) is 2. The van der Waals surface area contributed by atoms with Crippen molar-refractivity contribution in [1.29, 1.82) is 0 Å². The van der Waals surface area contributed by atoms with Gasteiger partial charge in [-0.3, -0.25) is 19.1 Å². The largest absolute Gasteiger partial charge is 0.481 e. The second-order valence-electron chi connectivity index (χ2n) is 13.7. The van der Waals surface area contributed by atoms with E-state index in [1.165, 1.54) is 18.2 Å². The molecule has 2 bridgehead atoms. The van der Waals surface area contributed by atoms with Gasteiger partial charge in [0.15, 0.2) is 5.75 Å². The Balaban J connectivity index is 1.19. The maximum absolute atomic E-state index is 14.2. The molecule has 2 saturated heterocycles. The minimum Gasteiger partial charge on any atom is -0.481 e. The molecule has 2 amide bonds. The molecule has 244 valence electrons. The van der Waals surface area contributed by atoms with Gasteiger partial charge in [-0.25, -0.2) is 0 Å². The second kappa shape index (κ2) is 11.8. The number of benzene rings is 1. The predicted molar refractivity (Wildman–Crippen MR) is 162 cm³/mol. The quantitative estimate of drug-likeness (QED) is 0.365. The van der Waals surface area contributed by atoms with Crippen LogP contribution in [0.4, 0.5) is 14.5 Å². The molecule has 0 atom stereocenters. The molecule has 2 N–H and O–H groups in total. The third-order valence-electron chi connectivity index (χ3n) is 10.7. The average molecular weight is 648 g/mol. The van der Waals surface area contributed by atoms with E-state index in [2.05, 4.69) is 20.1 Å². The fraction of sp³-hybridized carbons (Fsp3) is 0.625. The van der Waals surface area contributed by atoms with Crippen LogP contribution in [0.5, 0.6) is 5.75 Å². The molecule has 3 aliphatic carbocycles. The van der Waals surface area contributed by atoms with Crippen molar-refractivity contribution >= 4 is 35.1 Å². The van der Waals surface area contributed by atoms with Crippen LogP contribution in [0.3, 0.4) is 0 Å². The van der Waals surface area contributed by atoms with Gasteiger partial charge in [0.25, 0.3) is 5.91 Å². The van der Waals surface area contributed by atoms with Crippen molar-refractivity contribution in [1.82, 2.24) is 19.6 Å². The minimum absolute atomic E-state index is 0.0527. The molecule has 2 aliphatic heterocycles. The second-order valence-corrected chi connectivity index (χ2v) is 14.2. The number of alkyl halides is 2. The molecule has 2 aromatic rings. The summed E-state index contributed by atoms with van der Waals surface area (Å²) in [6.07, 6.45) is 5.98. The summed E-state index contributed by atoms with van der Waals surface area (Å²) >= 11 is 6.02. The molecule has 10 nitrogen and oxygen atoms in total. The molecular formula is C32H40ClF2N5O5. The minimum atomic E-state index is -3.11. The van der Waals surface area contributed by atoms with Crippen LogP contribution in [-0.2, 0) is 19.9 Å². The summed E-state index contributed by atoms with van der Waals surface area (Å²) in [6.45, 7) is 2.94. The van der Waals surface area contributed by atoms with Gasteiger partial charge in [-0.15, -0.1) is 0 Å². The van der Waals surface area contributed by atoms with Gasteiger partial charge < -0.3 is 25.0 Å². The Kier molecular flexibility index (Phi) is 8.34. The van der Waals surface area contributed by atoms with E-state index in [1.807, 2.05) is 24.8 Å². The van der Waals surface area contributed by atoms with Gasteiger partial charge in [0.05, 0.1) is 16.5 Å². The van der Waals surface area contributed by atoms with Crippen LogP contribution in [0.25, 0.3) is 0 Å². The first-order chi connectivity index (χ1) is 21.4. The number of aromatic nitrogens is 2. The zero-order chi connectivity index (χ0) is 32.1. The smallest absolute Gasteiger partial charge is 0.387 e. The number of ether oxygens (including phenoxy) is 1. The molecule has 3 heterocycles. The lowest BCUT2D eigenvalue weighted by Gasteiger charge is -2.61. The summed E-state index contributed by atoms with van der Waals surface area (Å²) in [5.74, 6) is -0.591. The SMILES string of the molecule is CC(C)c1ccnn1C1(C(=O)Nc2ccc(Cl)cc2OC(F)F)CCN(CC2(C(=O)O)CCN(C(=O)C34CC(C3)C4)CC2)CC1. The number of halogens is 3. The van der Waals surface area contributed by atoms with Gasteiger partial charge in [0.2, 0.25) is 5.91 Å². The van der Waals surface area contributed by atoms with E-state index < -0.39 is 29.4 Å². The van der Waals surface area contributed by atoms with E-state index in [9.17, 15) is 28.3 Å². The molecule has 3 saturated carbocycles. The first-order valence-electron chi connectivity index (χ1n) is 15.7. The molecule has 7 rings (SSSR count). The molecule has 5 fully saturated rings. The molecule has 13 heteroatoms. The van der Waals surface area contributed by atoms with Crippen molar-refractivity contribution in [3.05, 3.63) is 41.2 Å². The number of hydrogen-bond acceptors (Lipinski definition) is 6. The van der Waals surface area contributed by atoms with Crippen LogP contribution in [0.15, 0.2) is 30.5 Å². The number of carbonyl (C=O) groups excluding carboxylic acids is 2. The highest BCUT2D eigenvalue weighted by molar-refractivity contribution is 6.30. The van der Waals surface area contributed by atoms with E-state index in [4.69, 9.17) is 11.6 Å². The predicted octanol–water partition coefficient (Wildman–Crippen LogP) is 5.18. The zero-order valence-electron chi connectivity index (χ0n) is 25.6. The number of carboxylic acids is 1. The molecule has 1 aromatic carbocycles. The summed E-state index contributed by atoms with van der Waals surface area (Å²) in [4.78, 5) is 43.9. The molecule has 0 radical (unpaired) electrons. The summed E-state index contributed by atoms with van der Waals surface area (Å²) < 4.78 is 32.7. The lowest BCUT2D eigenvalue weighted by molar-refractivity contribution is -0.181. The Bertz CT molecular complexity index is 1450. The van der Waals surface area contributed by atoms with Crippen LogP contribution < -0.4 is 10.1 Å². The van der Waals surface area contributed by atoms with E-state index in [1.54, 1.807) is 10.9 Å². The van der Waals surface area contributed by atoms with Crippen molar-refractivity contribution < 1.29 is 33.0 Å². The Hall–Kier alpha value is -3.25. The van der Waals surface area contributed by atoms with Crippen LogP contribution in [0.1, 0.15) is 70.4 Å². The topological polar surface area (TPSA) is 117 Å². The van der Waals surface area contributed by atoms with E-state index in [0.29, 0.717) is 64.3 Å². The Morgan fingerprint density at radius 2 is 1.73 bits per heavy atom. The van der Waals surface area contributed by atoms with Crippen LogP contribution in [0, 0.1) is 16.7 Å². The summed E-state index contributed by atoms with van der Waals surface area (Å²) in [5.41, 5.74) is -1.41. The lowest BCUT2D eigenvalue weighted by atomic mass is 9.44. The van der Waals surface area contributed by atoms with Crippen LogP contribution >= 0.6 is 11.6 Å². The highest BCUT2D eigenvalue weighted by atomic mass is 35.5. The maximum Gasteiger partial charge on any atom is 0.387 e. The summed E-state index contributed by atoms with van der Waals surface area (Å²) in [5, 5.41) is 17.9. The number of piperidine rings is 2. The summed E-state index contributed by atoms with van der Waals surface area (Å²) in [7, 11) is 0. The van der Waals surface area contributed by atoms with E-state index in [0.717, 1.165) is 25.0 Å². The molecule has 0 spiro atoms. The number of amides is 2. The Labute approximate surface area is 266 Å². The summed E-state index contributed by atoms with van der Waals surface area (Å²) in [6, 6.07) is 6.00. The molecular weight excluding hydrogens is 608 g/mol. The van der Waals surface area contributed by atoms with Crippen molar-refractivity contribution in [2.24, 2.45) is 16.7 Å². The van der Waals surface area contributed by atoms with Crippen molar-refractivity contribution in [2.45, 2.75) is 76.9 Å². The number of nitrogens with zero attached hydrogens (tertiary/aromatic N) is 4. The lowest BCUT2D eigenvalue weighted by Crippen LogP contribution is -2.63. The fourth-order valence-electron chi connectivity index (χ4n) is 7.84. The molecule has 1 aromatic heterocycles. The third-order valence-corrected chi connectivity index (χ3v) is 10.9. The van der Waals surface area contributed by atoms with Gasteiger partial charge in [0, 0.05) is 55.7 Å².